The Bertz CT molecular complexity index is 446. The third-order valence-electron chi connectivity index (χ3n) is 2.69. The van der Waals surface area contributed by atoms with Gasteiger partial charge in [0.1, 0.15) is 12.2 Å². The van der Waals surface area contributed by atoms with Gasteiger partial charge >= 0.3 is 0 Å². The van der Waals surface area contributed by atoms with Crippen LogP contribution in [0.25, 0.3) is 0 Å². The molecule has 18 heavy (non-hydrogen) atoms. The second-order valence-corrected chi connectivity index (χ2v) is 6.69. The summed E-state index contributed by atoms with van der Waals surface area (Å²) >= 11 is 2.86. The fourth-order valence-corrected chi connectivity index (χ4v) is 4.27. The maximum absolute atomic E-state index is 9.87. The lowest BCUT2D eigenvalue weighted by Crippen LogP contribution is -2.47. The summed E-state index contributed by atoms with van der Waals surface area (Å²) in [7, 11) is 0. The monoisotopic (exact) mass is 283 g/mol. The molecule has 0 saturated carbocycles. The van der Waals surface area contributed by atoms with Gasteiger partial charge in [0.15, 0.2) is 0 Å². The van der Waals surface area contributed by atoms with Crippen molar-refractivity contribution < 1.29 is 15.3 Å². The summed E-state index contributed by atoms with van der Waals surface area (Å²) in [5.41, 5.74) is 0.589. The summed E-state index contributed by atoms with van der Waals surface area (Å²) in [4.78, 5) is 0.925. The highest BCUT2D eigenvalue weighted by Crippen LogP contribution is 2.38. The Hall–Kier alpha value is -0.710. The Labute approximate surface area is 114 Å². The minimum atomic E-state index is -1.10. The highest BCUT2D eigenvalue weighted by atomic mass is 32.2. The molecule has 1 saturated heterocycles. The van der Waals surface area contributed by atoms with Crippen molar-refractivity contribution >= 4 is 23.5 Å². The van der Waals surface area contributed by atoms with Crippen LogP contribution < -0.4 is 0 Å². The quantitative estimate of drug-likeness (QED) is 0.745. The topological polar surface area (TPSA) is 84.5 Å². The predicted octanol–water partition coefficient (Wildman–Crippen LogP) is 0.806. The molecule has 0 unspecified atom stereocenters. The summed E-state index contributed by atoms with van der Waals surface area (Å²) < 4.78 is -0.212. The van der Waals surface area contributed by atoms with Crippen LogP contribution >= 0.6 is 23.5 Å². The summed E-state index contributed by atoms with van der Waals surface area (Å²) in [6, 6.07) is 9.10. The molecule has 1 aliphatic rings. The number of thioether (sulfide) groups is 2. The van der Waals surface area contributed by atoms with E-state index in [0.29, 0.717) is 11.3 Å². The fraction of sp³-hybridized carbons (Fsp3) is 0.417. The highest BCUT2D eigenvalue weighted by molar-refractivity contribution is 8.17. The first-order valence-electron chi connectivity index (χ1n) is 5.44. The summed E-state index contributed by atoms with van der Waals surface area (Å²) in [5.74, 6) is 0.409. The molecule has 0 aromatic heterocycles. The van der Waals surface area contributed by atoms with Gasteiger partial charge in [-0.15, -0.1) is 23.5 Å². The molecule has 4 atom stereocenters. The largest absolute Gasteiger partial charge is 0.389 e. The van der Waals surface area contributed by atoms with E-state index >= 15 is 0 Å². The van der Waals surface area contributed by atoms with Crippen molar-refractivity contribution in [1.82, 2.24) is 0 Å². The molecule has 0 radical (unpaired) electrons. The molecular weight excluding hydrogens is 270 g/mol. The van der Waals surface area contributed by atoms with E-state index in [0.717, 1.165) is 4.90 Å². The summed E-state index contributed by atoms with van der Waals surface area (Å²) in [5, 5.41) is 37.6. The van der Waals surface area contributed by atoms with Crippen LogP contribution in [0, 0.1) is 11.3 Å². The van der Waals surface area contributed by atoms with Crippen molar-refractivity contribution in [2.75, 3.05) is 5.75 Å². The number of rotatable bonds is 2. The number of benzene rings is 1. The molecule has 3 N–H and O–H groups in total. The molecule has 6 heteroatoms. The second kappa shape index (κ2) is 5.95. The molecule has 1 heterocycles. The lowest BCUT2D eigenvalue weighted by Gasteiger charge is -2.34. The van der Waals surface area contributed by atoms with E-state index < -0.39 is 18.3 Å². The Kier molecular flexibility index (Phi) is 4.54. The minimum Gasteiger partial charge on any atom is -0.389 e. The average molecular weight is 283 g/mol. The lowest BCUT2D eigenvalue weighted by atomic mass is 10.1. The van der Waals surface area contributed by atoms with E-state index in [2.05, 4.69) is 0 Å². The van der Waals surface area contributed by atoms with Crippen LogP contribution in [0.15, 0.2) is 29.2 Å². The van der Waals surface area contributed by atoms with Crippen molar-refractivity contribution in [3.63, 3.8) is 0 Å². The minimum absolute atomic E-state index is 0.212. The van der Waals surface area contributed by atoms with Crippen molar-refractivity contribution in [2.45, 2.75) is 27.8 Å². The molecule has 0 bridgehead atoms. The Morgan fingerprint density at radius 3 is 2.44 bits per heavy atom. The number of hydrogen-bond donors (Lipinski definition) is 3. The number of nitriles is 1. The maximum Gasteiger partial charge on any atom is 0.108 e. The van der Waals surface area contributed by atoms with Crippen molar-refractivity contribution in [3.8, 4) is 6.07 Å². The van der Waals surface area contributed by atoms with Crippen LogP contribution in [0.5, 0.6) is 0 Å². The zero-order chi connectivity index (χ0) is 13.1. The van der Waals surface area contributed by atoms with Gasteiger partial charge < -0.3 is 15.3 Å². The van der Waals surface area contributed by atoms with Crippen LogP contribution in [0.1, 0.15) is 5.56 Å². The molecule has 1 aromatic rings. The average Bonchev–Trinajstić information content (AvgIpc) is 2.40. The van der Waals surface area contributed by atoms with Gasteiger partial charge in [0, 0.05) is 10.6 Å². The molecule has 1 aliphatic heterocycles. The first kappa shape index (κ1) is 13.7. The van der Waals surface area contributed by atoms with Gasteiger partial charge in [0.05, 0.1) is 22.3 Å². The number of nitrogens with zero attached hydrogens (tertiary/aromatic N) is 1. The van der Waals surface area contributed by atoms with Crippen molar-refractivity contribution in [3.05, 3.63) is 29.8 Å². The summed E-state index contributed by atoms with van der Waals surface area (Å²) in [6.07, 6.45) is -2.93. The fourth-order valence-electron chi connectivity index (χ4n) is 1.63. The van der Waals surface area contributed by atoms with Gasteiger partial charge in [-0.3, -0.25) is 0 Å². The zero-order valence-corrected chi connectivity index (χ0v) is 11.1. The van der Waals surface area contributed by atoms with Gasteiger partial charge in [-0.25, -0.2) is 0 Å². The molecule has 0 spiro atoms. The molecule has 0 amide bonds. The van der Waals surface area contributed by atoms with E-state index in [1.54, 1.807) is 12.1 Å². The van der Waals surface area contributed by atoms with Gasteiger partial charge in [0.25, 0.3) is 0 Å². The van der Waals surface area contributed by atoms with Crippen LogP contribution in [-0.2, 0) is 0 Å². The SMILES string of the molecule is N#Cc1ccc(S[C@H]2SC[C@@H](O)[C@@H](O)[C@@H]2O)cc1. The number of hydrogen-bond acceptors (Lipinski definition) is 6. The molecule has 1 fully saturated rings. The second-order valence-electron chi connectivity index (χ2n) is 4.00. The molecule has 4 nitrogen and oxygen atoms in total. The van der Waals surface area contributed by atoms with E-state index in [1.807, 2.05) is 18.2 Å². The smallest absolute Gasteiger partial charge is 0.108 e. The van der Waals surface area contributed by atoms with Crippen molar-refractivity contribution in [1.29, 1.82) is 5.26 Å². The first-order valence-corrected chi connectivity index (χ1v) is 7.37. The third kappa shape index (κ3) is 2.99. The molecule has 96 valence electrons. The molecular formula is C12H13NO3S2. The normalized spacial score (nSPS) is 31.9. The predicted molar refractivity (Wildman–Crippen MR) is 71.3 cm³/mol. The molecule has 0 aliphatic carbocycles. The third-order valence-corrected chi connectivity index (χ3v) is 5.58. The van der Waals surface area contributed by atoms with Crippen LogP contribution in [0.2, 0.25) is 0 Å². The van der Waals surface area contributed by atoms with E-state index in [-0.39, 0.29) is 4.58 Å². The van der Waals surface area contributed by atoms with Gasteiger partial charge in [-0.1, -0.05) is 0 Å². The number of aliphatic hydroxyl groups excluding tert-OH is 3. The standard InChI is InChI=1S/C12H13NO3S2/c13-5-7-1-3-8(4-2-7)18-12-11(16)10(15)9(14)6-17-12/h1-4,9-12,14-16H,6H2/t9-,10-,11+,12-/m1/s1. The Morgan fingerprint density at radius 2 is 1.83 bits per heavy atom. The highest BCUT2D eigenvalue weighted by Gasteiger charge is 2.37. The van der Waals surface area contributed by atoms with Gasteiger partial charge in [-0.05, 0) is 24.3 Å². The summed E-state index contributed by atoms with van der Waals surface area (Å²) in [6.45, 7) is 0. The van der Waals surface area contributed by atoms with Crippen LogP contribution in [0.3, 0.4) is 0 Å². The Balaban J connectivity index is 2.02. The van der Waals surface area contributed by atoms with E-state index in [4.69, 9.17) is 5.26 Å². The van der Waals surface area contributed by atoms with Gasteiger partial charge in [-0.2, -0.15) is 5.26 Å². The van der Waals surface area contributed by atoms with Gasteiger partial charge in [0.2, 0.25) is 0 Å². The first-order chi connectivity index (χ1) is 8.61. The molecule has 2 rings (SSSR count). The van der Waals surface area contributed by atoms with Crippen molar-refractivity contribution in [2.24, 2.45) is 0 Å². The lowest BCUT2D eigenvalue weighted by molar-refractivity contribution is -0.0474. The van der Waals surface area contributed by atoms with E-state index in [9.17, 15) is 15.3 Å². The Morgan fingerprint density at radius 1 is 1.17 bits per heavy atom. The molecule has 1 aromatic carbocycles. The van der Waals surface area contributed by atoms with Crippen LogP contribution in [0.4, 0.5) is 0 Å². The van der Waals surface area contributed by atoms with E-state index in [1.165, 1.54) is 23.5 Å². The maximum atomic E-state index is 9.87. The van der Waals surface area contributed by atoms with Crippen LogP contribution in [-0.4, -0.2) is 44.0 Å². The zero-order valence-electron chi connectivity index (χ0n) is 9.43. The number of aliphatic hydroxyl groups is 3.